The zero-order valence-corrected chi connectivity index (χ0v) is 7.50. The molecule has 0 radical (unpaired) electrons. The second kappa shape index (κ2) is 4.39. The van der Waals surface area contributed by atoms with Gasteiger partial charge in [-0.2, -0.15) is 0 Å². The standard InChI is InChI=1S/C7H17N3O2/c1-7(2,12)4-10-3-5(8)6(9)11/h5,10,12H,3-4,8H2,1-2H3,(H2,9,11). The number of hydrogen-bond acceptors (Lipinski definition) is 4. The van der Waals surface area contributed by atoms with Gasteiger partial charge in [0.15, 0.2) is 0 Å². The SMILES string of the molecule is CC(C)(O)CNCC(N)C(N)=O. The van der Waals surface area contributed by atoms with Crippen LogP contribution in [0.1, 0.15) is 13.8 Å². The second-order valence-corrected chi connectivity index (χ2v) is 3.45. The smallest absolute Gasteiger partial charge is 0.235 e. The molecular formula is C7H17N3O2. The third kappa shape index (κ3) is 6.09. The highest BCUT2D eigenvalue weighted by atomic mass is 16.3. The Morgan fingerprint density at radius 3 is 2.50 bits per heavy atom. The van der Waals surface area contributed by atoms with E-state index >= 15 is 0 Å². The average Bonchev–Trinajstić information content (AvgIpc) is 1.84. The molecular weight excluding hydrogens is 158 g/mol. The molecule has 0 aromatic rings. The Kier molecular flexibility index (Phi) is 4.16. The molecule has 12 heavy (non-hydrogen) atoms. The fraction of sp³-hybridized carbons (Fsp3) is 0.857. The van der Waals surface area contributed by atoms with Crippen molar-refractivity contribution in [1.82, 2.24) is 5.32 Å². The number of amides is 1. The fourth-order valence-corrected chi connectivity index (χ4v) is 0.634. The molecule has 0 heterocycles. The Hall–Kier alpha value is -0.650. The van der Waals surface area contributed by atoms with Gasteiger partial charge in [0, 0.05) is 13.1 Å². The summed E-state index contributed by atoms with van der Waals surface area (Å²) in [7, 11) is 0. The topological polar surface area (TPSA) is 101 Å². The lowest BCUT2D eigenvalue weighted by Crippen LogP contribution is -2.47. The van der Waals surface area contributed by atoms with Crippen molar-refractivity contribution in [3.63, 3.8) is 0 Å². The van der Waals surface area contributed by atoms with Crippen LogP contribution in [0.25, 0.3) is 0 Å². The maximum absolute atomic E-state index is 10.4. The van der Waals surface area contributed by atoms with Crippen molar-refractivity contribution in [2.45, 2.75) is 25.5 Å². The largest absolute Gasteiger partial charge is 0.389 e. The summed E-state index contributed by atoms with van der Waals surface area (Å²) in [5.74, 6) is -0.543. The highest BCUT2D eigenvalue weighted by Crippen LogP contribution is 1.96. The number of nitrogens with two attached hydrogens (primary N) is 2. The monoisotopic (exact) mass is 175 g/mol. The number of primary amides is 1. The molecule has 6 N–H and O–H groups in total. The first-order valence-corrected chi connectivity index (χ1v) is 3.81. The van der Waals surface area contributed by atoms with E-state index in [4.69, 9.17) is 11.5 Å². The minimum atomic E-state index is -0.794. The summed E-state index contributed by atoms with van der Waals surface area (Å²) in [5, 5.41) is 12.1. The van der Waals surface area contributed by atoms with Crippen molar-refractivity contribution in [2.75, 3.05) is 13.1 Å². The number of hydrogen-bond donors (Lipinski definition) is 4. The third-order valence-corrected chi connectivity index (χ3v) is 1.29. The van der Waals surface area contributed by atoms with Crippen LogP contribution >= 0.6 is 0 Å². The van der Waals surface area contributed by atoms with Crippen molar-refractivity contribution >= 4 is 5.91 Å². The van der Waals surface area contributed by atoms with E-state index in [1.54, 1.807) is 13.8 Å². The molecule has 1 amide bonds. The number of carbonyl (C=O) groups excluding carboxylic acids is 1. The molecule has 0 aliphatic rings. The Labute approximate surface area is 72.1 Å². The Morgan fingerprint density at radius 2 is 2.17 bits per heavy atom. The molecule has 72 valence electrons. The highest BCUT2D eigenvalue weighted by molar-refractivity contribution is 5.79. The van der Waals surface area contributed by atoms with E-state index in [0.29, 0.717) is 13.1 Å². The van der Waals surface area contributed by atoms with Gasteiger partial charge in [-0.3, -0.25) is 4.79 Å². The summed E-state index contributed by atoms with van der Waals surface area (Å²) in [6, 6.07) is -0.688. The van der Waals surface area contributed by atoms with Crippen LogP contribution < -0.4 is 16.8 Å². The van der Waals surface area contributed by atoms with E-state index in [0.717, 1.165) is 0 Å². The molecule has 0 saturated heterocycles. The van der Waals surface area contributed by atoms with E-state index in [9.17, 15) is 9.90 Å². The maximum atomic E-state index is 10.4. The molecule has 0 rings (SSSR count). The first-order valence-electron chi connectivity index (χ1n) is 3.81. The van der Waals surface area contributed by atoms with Crippen molar-refractivity contribution in [3.8, 4) is 0 Å². The first-order chi connectivity index (χ1) is 5.33. The van der Waals surface area contributed by atoms with E-state index in [-0.39, 0.29) is 0 Å². The van der Waals surface area contributed by atoms with Crippen LogP contribution in [0.3, 0.4) is 0 Å². The van der Waals surface area contributed by atoms with E-state index in [2.05, 4.69) is 5.32 Å². The Balaban J connectivity index is 3.51. The third-order valence-electron chi connectivity index (χ3n) is 1.29. The van der Waals surface area contributed by atoms with Crippen molar-refractivity contribution in [2.24, 2.45) is 11.5 Å². The quantitative estimate of drug-likeness (QED) is 0.394. The molecule has 0 aromatic carbocycles. The van der Waals surface area contributed by atoms with Crippen LogP contribution in [0.4, 0.5) is 0 Å². The molecule has 0 spiro atoms. The van der Waals surface area contributed by atoms with Gasteiger partial charge in [0.25, 0.3) is 0 Å². The average molecular weight is 175 g/mol. The molecule has 0 aliphatic carbocycles. The normalized spacial score (nSPS) is 14.3. The van der Waals surface area contributed by atoms with Crippen LogP contribution in [0.15, 0.2) is 0 Å². The van der Waals surface area contributed by atoms with Gasteiger partial charge in [-0.1, -0.05) is 0 Å². The van der Waals surface area contributed by atoms with Gasteiger partial charge >= 0.3 is 0 Å². The fourth-order valence-electron chi connectivity index (χ4n) is 0.634. The maximum Gasteiger partial charge on any atom is 0.235 e. The zero-order chi connectivity index (χ0) is 9.78. The number of aliphatic hydroxyl groups is 1. The summed E-state index contributed by atoms with van der Waals surface area (Å²) in [5.41, 5.74) is 9.45. The lowest BCUT2D eigenvalue weighted by molar-refractivity contribution is -0.119. The van der Waals surface area contributed by atoms with Crippen LogP contribution in [0, 0.1) is 0 Å². The summed E-state index contributed by atoms with van der Waals surface area (Å²) in [6.45, 7) is 4.00. The highest BCUT2D eigenvalue weighted by Gasteiger charge is 2.13. The summed E-state index contributed by atoms with van der Waals surface area (Å²) < 4.78 is 0. The summed E-state index contributed by atoms with van der Waals surface area (Å²) in [4.78, 5) is 10.4. The number of rotatable bonds is 5. The predicted octanol–water partition coefficient (Wildman–Crippen LogP) is -1.84. The van der Waals surface area contributed by atoms with Gasteiger partial charge in [0.2, 0.25) is 5.91 Å². The van der Waals surface area contributed by atoms with E-state index in [1.165, 1.54) is 0 Å². The molecule has 0 fully saturated rings. The molecule has 0 saturated carbocycles. The molecule has 1 atom stereocenters. The predicted molar refractivity (Wildman–Crippen MR) is 46.3 cm³/mol. The van der Waals surface area contributed by atoms with Gasteiger partial charge in [-0.25, -0.2) is 0 Å². The summed E-state index contributed by atoms with van der Waals surface area (Å²) in [6.07, 6.45) is 0. The van der Waals surface area contributed by atoms with Crippen molar-refractivity contribution in [3.05, 3.63) is 0 Å². The van der Waals surface area contributed by atoms with E-state index in [1.807, 2.05) is 0 Å². The van der Waals surface area contributed by atoms with Crippen LogP contribution in [-0.4, -0.2) is 35.7 Å². The van der Waals surface area contributed by atoms with Gasteiger partial charge in [0.05, 0.1) is 11.6 Å². The summed E-state index contributed by atoms with van der Waals surface area (Å²) >= 11 is 0. The molecule has 0 aromatic heterocycles. The Bertz CT molecular complexity index is 153. The molecule has 5 heteroatoms. The Morgan fingerprint density at radius 1 is 1.67 bits per heavy atom. The molecule has 1 unspecified atom stereocenters. The van der Waals surface area contributed by atoms with Gasteiger partial charge in [-0.15, -0.1) is 0 Å². The van der Waals surface area contributed by atoms with Crippen molar-refractivity contribution in [1.29, 1.82) is 0 Å². The molecule has 0 aliphatic heterocycles. The number of carbonyl (C=O) groups is 1. The molecule has 0 bridgehead atoms. The van der Waals surface area contributed by atoms with Gasteiger partial charge < -0.3 is 21.9 Å². The lowest BCUT2D eigenvalue weighted by Gasteiger charge is -2.18. The zero-order valence-electron chi connectivity index (χ0n) is 7.50. The van der Waals surface area contributed by atoms with Crippen molar-refractivity contribution < 1.29 is 9.90 Å². The minimum absolute atomic E-state index is 0.291. The second-order valence-electron chi connectivity index (χ2n) is 3.45. The molecule has 5 nitrogen and oxygen atoms in total. The first kappa shape index (κ1) is 11.4. The van der Waals surface area contributed by atoms with Gasteiger partial charge in [-0.05, 0) is 13.8 Å². The number of nitrogens with one attached hydrogen (secondary N) is 1. The van der Waals surface area contributed by atoms with Crippen LogP contribution in [-0.2, 0) is 4.79 Å². The van der Waals surface area contributed by atoms with Crippen LogP contribution in [0.5, 0.6) is 0 Å². The minimum Gasteiger partial charge on any atom is -0.389 e. The van der Waals surface area contributed by atoms with Gasteiger partial charge in [0.1, 0.15) is 0 Å². The van der Waals surface area contributed by atoms with Crippen LogP contribution in [0.2, 0.25) is 0 Å². The lowest BCUT2D eigenvalue weighted by atomic mass is 10.1. The van der Waals surface area contributed by atoms with E-state index < -0.39 is 17.6 Å².